The van der Waals surface area contributed by atoms with Gasteiger partial charge in [-0.15, -0.1) is 0 Å². The molecule has 0 bridgehead atoms. The molecule has 1 aromatic carbocycles. The fourth-order valence-corrected chi connectivity index (χ4v) is 4.77. The van der Waals surface area contributed by atoms with Crippen LogP contribution in [-0.4, -0.2) is 23.3 Å². The summed E-state index contributed by atoms with van der Waals surface area (Å²) in [4.78, 5) is 10.5. The Labute approximate surface area is 202 Å². The van der Waals surface area contributed by atoms with Gasteiger partial charge in [0.1, 0.15) is 17.1 Å². The lowest BCUT2D eigenvalue weighted by molar-refractivity contribution is -0.137. The Balaban J connectivity index is 1.65. The number of rotatable bonds is 17. The predicted molar refractivity (Wildman–Crippen MR) is 136 cm³/mol. The van der Waals surface area contributed by atoms with Crippen LogP contribution in [0.2, 0.25) is 0 Å². The molecule has 1 aromatic rings. The van der Waals surface area contributed by atoms with Crippen LogP contribution in [0.4, 0.5) is 0 Å². The largest absolute Gasteiger partial charge is 0.494 e. The average molecular weight is 461 g/mol. The molecule has 0 fully saturated rings. The van der Waals surface area contributed by atoms with E-state index in [2.05, 4.69) is 39.8 Å². The molecule has 33 heavy (non-hydrogen) atoms. The summed E-state index contributed by atoms with van der Waals surface area (Å²) < 4.78 is 12.4. The quantitative estimate of drug-likeness (QED) is 0.238. The van der Waals surface area contributed by atoms with Crippen LogP contribution in [0, 0.1) is 11.8 Å². The molecule has 2 unspecified atom stereocenters. The van der Waals surface area contributed by atoms with Gasteiger partial charge in [-0.25, -0.2) is 0 Å². The topological polar surface area (TPSA) is 55.8 Å². The molecule has 2 rings (SSSR count). The van der Waals surface area contributed by atoms with Gasteiger partial charge in [-0.05, 0) is 81.0 Å². The number of aryl methyl sites for hydroxylation is 1. The van der Waals surface area contributed by atoms with Gasteiger partial charge in [-0.2, -0.15) is 0 Å². The minimum Gasteiger partial charge on any atom is -0.494 e. The molecule has 1 N–H and O–H groups in total. The van der Waals surface area contributed by atoms with E-state index in [1.807, 2.05) is 6.07 Å². The van der Waals surface area contributed by atoms with E-state index >= 15 is 0 Å². The van der Waals surface area contributed by atoms with Crippen LogP contribution in [0.15, 0.2) is 18.2 Å². The van der Waals surface area contributed by atoms with Crippen LogP contribution in [0.25, 0.3) is 0 Å². The number of fused-ring (bicyclic) bond motifs is 1. The van der Waals surface area contributed by atoms with Gasteiger partial charge in [0.05, 0.1) is 6.61 Å². The summed E-state index contributed by atoms with van der Waals surface area (Å²) in [5.74, 6) is 2.89. The molecule has 4 heteroatoms. The number of hydrogen-bond acceptors (Lipinski definition) is 3. The summed E-state index contributed by atoms with van der Waals surface area (Å²) >= 11 is 0. The summed E-state index contributed by atoms with van der Waals surface area (Å²) in [6, 6.07) is 6.27. The predicted octanol–water partition coefficient (Wildman–Crippen LogP) is 8.21. The second-order valence-corrected chi connectivity index (χ2v) is 10.9. The molecule has 1 aliphatic rings. The second-order valence-electron chi connectivity index (χ2n) is 10.9. The number of carboxylic acids is 1. The number of ether oxygens (including phenoxy) is 2. The van der Waals surface area contributed by atoms with Crippen molar-refractivity contribution in [1.82, 2.24) is 0 Å². The van der Waals surface area contributed by atoms with E-state index in [4.69, 9.17) is 14.6 Å². The highest BCUT2D eigenvalue weighted by atomic mass is 16.5. The normalized spacial score (nSPS) is 18.6. The van der Waals surface area contributed by atoms with E-state index in [-0.39, 0.29) is 12.0 Å². The number of benzene rings is 1. The highest BCUT2D eigenvalue weighted by Gasteiger charge is 2.31. The molecule has 1 heterocycles. The zero-order valence-electron chi connectivity index (χ0n) is 21.7. The Bertz CT molecular complexity index is 699. The third kappa shape index (κ3) is 11.3. The van der Waals surface area contributed by atoms with Crippen LogP contribution in [0.5, 0.6) is 11.5 Å². The SMILES string of the molecule is CC(C)CCCC(C)CCCC1(C)CCc2cc(OCCCCCCCC(=O)O)ccc2O1. The minimum atomic E-state index is -0.697. The Morgan fingerprint density at radius 2 is 1.76 bits per heavy atom. The Morgan fingerprint density at radius 1 is 1.03 bits per heavy atom. The van der Waals surface area contributed by atoms with Crippen molar-refractivity contribution in [3.63, 3.8) is 0 Å². The first-order valence-electron chi connectivity index (χ1n) is 13.4. The molecular weight excluding hydrogens is 412 g/mol. The van der Waals surface area contributed by atoms with E-state index in [1.54, 1.807) is 0 Å². The molecule has 0 amide bonds. The second kappa shape index (κ2) is 14.5. The zero-order chi connectivity index (χ0) is 24.1. The van der Waals surface area contributed by atoms with Gasteiger partial charge in [-0.1, -0.05) is 65.7 Å². The molecule has 0 aliphatic carbocycles. The fraction of sp³-hybridized carbons (Fsp3) is 0.759. The first kappa shape index (κ1) is 27.5. The lowest BCUT2D eigenvalue weighted by atomic mass is 9.86. The van der Waals surface area contributed by atoms with Crippen molar-refractivity contribution in [2.24, 2.45) is 11.8 Å². The van der Waals surface area contributed by atoms with Crippen molar-refractivity contribution in [1.29, 1.82) is 0 Å². The van der Waals surface area contributed by atoms with Crippen molar-refractivity contribution in [2.75, 3.05) is 6.61 Å². The van der Waals surface area contributed by atoms with E-state index in [1.165, 1.54) is 37.7 Å². The van der Waals surface area contributed by atoms with Crippen LogP contribution in [0.1, 0.15) is 117 Å². The molecule has 0 saturated carbocycles. The first-order valence-corrected chi connectivity index (χ1v) is 13.4. The van der Waals surface area contributed by atoms with Gasteiger partial charge in [0.2, 0.25) is 0 Å². The van der Waals surface area contributed by atoms with Crippen LogP contribution in [-0.2, 0) is 11.2 Å². The maximum atomic E-state index is 10.5. The summed E-state index contributed by atoms with van der Waals surface area (Å²) in [5.41, 5.74) is 1.22. The Hall–Kier alpha value is -1.71. The molecule has 1 aliphatic heterocycles. The first-order chi connectivity index (χ1) is 15.8. The Morgan fingerprint density at radius 3 is 2.52 bits per heavy atom. The summed E-state index contributed by atoms with van der Waals surface area (Å²) in [6.45, 7) is 10.0. The Kier molecular flexibility index (Phi) is 12.1. The molecule has 0 radical (unpaired) electrons. The maximum absolute atomic E-state index is 10.5. The van der Waals surface area contributed by atoms with Gasteiger partial charge in [-0.3, -0.25) is 4.79 Å². The van der Waals surface area contributed by atoms with Gasteiger partial charge in [0, 0.05) is 6.42 Å². The number of unbranched alkanes of at least 4 members (excludes halogenated alkanes) is 4. The van der Waals surface area contributed by atoms with E-state index < -0.39 is 5.97 Å². The van der Waals surface area contributed by atoms with Crippen LogP contribution < -0.4 is 9.47 Å². The van der Waals surface area contributed by atoms with Gasteiger partial charge in [0.15, 0.2) is 0 Å². The molecule has 0 saturated heterocycles. The maximum Gasteiger partial charge on any atom is 0.303 e. The van der Waals surface area contributed by atoms with Crippen molar-refractivity contribution in [3.8, 4) is 11.5 Å². The molecule has 188 valence electrons. The van der Waals surface area contributed by atoms with Crippen molar-refractivity contribution >= 4 is 5.97 Å². The van der Waals surface area contributed by atoms with Crippen molar-refractivity contribution in [3.05, 3.63) is 23.8 Å². The summed E-state index contributed by atoms with van der Waals surface area (Å²) in [6.07, 6.45) is 15.1. The lowest BCUT2D eigenvalue weighted by Gasteiger charge is -2.36. The third-order valence-electron chi connectivity index (χ3n) is 7.00. The standard InChI is InChI=1S/C29H48O4/c1-23(2)12-10-13-24(3)14-11-19-29(4)20-18-25-22-26(16-17-27(25)33-29)32-21-9-7-5-6-8-15-28(30)31/h16-17,22-24H,5-15,18-21H2,1-4H3,(H,30,31). The van der Waals surface area contributed by atoms with Crippen molar-refractivity contribution < 1.29 is 19.4 Å². The monoisotopic (exact) mass is 460 g/mol. The van der Waals surface area contributed by atoms with Crippen molar-refractivity contribution in [2.45, 2.75) is 123 Å². The van der Waals surface area contributed by atoms with E-state index in [9.17, 15) is 4.79 Å². The van der Waals surface area contributed by atoms with Crippen LogP contribution >= 0.6 is 0 Å². The number of aliphatic carboxylic acids is 1. The van der Waals surface area contributed by atoms with E-state index in [0.717, 1.165) is 74.7 Å². The number of hydrogen-bond donors (Lipinski definition) is 1. The molecule has 0 aromatic heterocycles. The van der Waals surface area contributed by atoms with Gasteiger partial charge < -0.3 is 14.6 Å². The number of carbonyl (C=O) groups is 1. The highest BCUT2D eigenvalue weighted by molar-refractivity contribution is 5.66. The zero-order valence-corrected chi connectivity index (χ0v) is 21.7. The third-order valence-corrected chi connectivity index (χ3v) is 7.00. The number of carboxylic acid groups (broad SMARTS) is 1. The molecule has 0 spiro atoms. The van der Waals surface area contributed by atoms with Gasteiger partial charge in [0.25, 0.3) is 0 Å². The van der Waals surface area contributed by atoms with Gasteiger partial charge >= 0.3 is 5.97 Å². The average Bonchev–Trinajstić information content (AvgIpc) is 2.75. The van der Waals surface area contributed by atoms with Crippen LogP contribution in [0.3, 0.4) is 0 Å². The summed E-state index contributed by atoms with van der Waals surface area (Å²) in [5, 5.41) is 8.66. The molecule has 2 atom stereocenters. The fourth-order valence-electron chi connectivity index (χ4n) is 4.77. The summed E-state index contributed by atoms with van der Waals surface area (Å²) in [7, 11) is 0. The smallest absolute Gasteiger partial charge is 0.303 e. The molecular formula is C29H48O4. The highest BCUT2D eigenvalue weighted by Crippen LogP contribution is 2.38. The van der Waals surface area contributed by atoms with E-state index in [0.29, 0.717) is 6.61 Å². The lowest BCUT2D eigenvalue weighted by Crippen LogP contribution is -2.36. The minimum absolute atomic E-state index is 0.0480. The molecule has 4 nitrogen and oxygen atoms in total.